The van der Waals surface area contributed by atoms with E-state index < -0.39 is 0 Å². The van der Waals surface area contributed by atoms with Gasteiger partial charge in [0.1, 0.15) is 11.5 Å². The third-order valence-corrected chi connectivity index (χ3v) is 5.33. The molecule has 196 valence electrons. The fraction of sp³-hybridized carbons (Fsp3) is 0.464. The minimum atomic E-state index is -0.279. The van der Waals surface area contributed by atoms with Crippen molar-refractivity contribution in [3.8, 4) is 22.6 Å². The first-order chi connectivity index (χ1) is 17.4. The molecule has 0 radical (unpaired) electrons. The van der Waals surface area contributed by atoms with Crippen LogP contribution in [0.1, 0.15) is 57.6 Å². The van der Waals surface area contributed by atoms with Crippen molar-refractivity contribution in [1.29, 1.82) is 0 Å². The molecule has 0 atom stereocenters. The third-order valence-electron chi connectivity index (χ3n) is 5.33. The average Bonchev–Trinajstić information content (AvgIpc) is 2.86. The highest BCUT2D eigenvalue weighted by molar-refractivity contribution is 5.77. The summed E-state index contributed by atoms with van der Waals surface area (Å²) in [5.74, 6) is -0.228. The van der Waals surface area contributed by atoms with Gasteiger partial charge in [-0.25, -0.2) is 0 Å². The van der Waals surface area contributed by atoms with Gasteiger partial charge < -0.3 is 24.1 Å². The molecule has 8 nitrogen and oxygen atoms in total. The molecule has 0 aliphatic rings. The molecule has 2 aromatic carbocycles. The summed E-state index contributed by atoms with van der Waals surface area (Å²) in [6.45, 7) is 6.57. The lowest BCUT2D eigenvalue weighted by molar-refractivity contribution is -0.144. The van der Waals surface area contributed by atoms with E-state index in [9.17, 15) is 19.5 Å². The Bertz CT molecular complexity index is 1010. The van der Waals surface area contributed by atoms with Crippen LogP contribution in [0.15, 0.2) is 36.4 Å². The van der Waals surface area contributed by atoms with Gasteiger partial charge in [-0.05, 0) is 75.4 Å². The normalized spacial score (nSPS) is 10.5. The summed E-state index contributed by atoms with van der Waals surface area (Å²) in [6.07, 6.45) is 2.12. The lowest BCUT2D eigenvalue weighted by atomic mass is 9.96. The van der Waals surface area contributed by atoms with Gasteiger partial charge in [-0.15, -0.1) is 0 Å². The Morgan fingerprint density at radius 3 is 1.75 bits per heavy atom. The Morgan fingerprint density at radius 2 is 1.19 bits per heavy atom. The van der Waals surface area contributed by atoms with Crippen LogP contribution in [-0.4, -0.2) is 49.4 Å². The summed E-state index contributed by atoms with van der Waals surface area (Å²) >= 11 is 0. The van der Waals surface area contributed by atoms with Gasteiger partial charge in [0, 0.05) is 30.4 Å². The highest BCUT2D eigenvalue weighted by Gasteiger charge is 2.15. The number of rotatable bonds is 15. The summed E-state index contributed by atoms with van der Waals surface area (Å²) < 4.78 is 21.0. The number of carbonyl (C=O) groups is 3. The van der Waals surface area contributed by atoms with Crippen molar-refractivity contribution in [2.45, 2.75) is 59.3 Å². The second kappa shape index (κ2) is 15.4. The Labute approximate surface area is 212 Å². The number of esters is 3. The molecule has 2 aromatic rings. The van der Waals surface area contributed by atoms with Crippen molar-refractivity contribution >= 4 is 17.9 Å². The van der Waals surface area contributed by atoms with E-state index in [1.807, 2.05) is 18.2 Å². The van der Waals surface area contributed by atoms with Crippen LogP contribution in [0.5, 0.6) is 11.5 Å². The minimum Gasteiger partial charge on any atom is -0.507 e. The van der Waals surface area contributed by atoms with Gasteiger partial charge in [0.2, 0.25) is 0 Å². The maximum absolute atomic E-state index is 11.8. The first-order valence-corrected chi connectivity index (χ1v) is 12.4. The molecule has 36 heavy (non-hydrogen) atoms. The molecule has 0 heterocycles. The van der Waals surface area contributed by atoms with Crippen LogP contribution in [-0.2, 0) is 41.4 Å². The van der Waals surface area contributed by atoms with E-state index in [0.29, 0.717) is 56.0 Å². The highest BCUT2D eigenvalue weighted by atomic mass is 16.5. The van der Waals surface area contributed by atoms with Crippen LogP contribution in [0, 0.1) is 0 Å². The molecular weight excluding hydrogens is 464 g/mol. The quantitative estimate of drug-likeness (QED) is 0.212. The second-order valence-corrected chi connectivity index (χ2v) is 8.05. The van der Waals surface area contributed by atoms with Gasteiger partial charge in [-0.2, -0.15) is 0 Å². The maximum atomic E-state index is 11.8. The van der Waals surface area contributed by atoms with Crippen LogP contribution >= 0.6 is 0 Å². The average molecular weight is 501 g/mol. The number of hydrogen-bond donors (Lipinski definition) is 1. The Balaban J connectivity index is 2.27. The third kappa shape index (κ3) is 9.60. The van der Waals surface area contributed by atoms with Crippen molar-refractivity contribution < 1.29 is 38.4 Å². The molecule has 0 unspecified atom stereocenters. The second-order valence-electron chi connectivity index (χ2n) is 8.05. The van der Waals surface area contributed by atoms with Crippen LogP contribution in [0.25, 0.3) is 11.1 Å². The van der Waals surface area contributed by atoms with Gasteiger partial charge in [0.05, 0.1) is 26.4 Å². The van der Waals surface area contributed by atoms with Gasteiger partial charge >= 0.3 is 17.9 Å². The SMILES string of the molecule is CCOC(=O)CCCOc1ccc(CCC(=O)OCC)cc1-c1cc(CCC(=O)OCC)ccc1O. The first kappa shape index (κ1) is 28.7. The summed E-state index contributed by atoms with van der Waals surface area (Å²) in [5.41, 5.74) is 2.95. The van der Waals surface area contributed by atoms with Crippen LogP contribution in [0.4, 0.5) is 0 Å². The molecule has 0 bridgehead atoms. The Morgan fingerprint density at radius 1 is 0.694 bits per heavy atom. The van der Waals surface area contributed by atoms with E-state index in [1.165, 1.54) is 0 Å². The molecule has 0 saturated carbocycles. The molecule has 0 fully saturated rings. The van der Waals surface area contributed by atoms with Crippen LogP contribution in [0.3, 0.4) is 0 Å². The van der Waals surface area contributed by atoms with Crippen molar-refractivity contribution in [2.75, 3.05) is 26.4 Å². The number of phenols is 1. The van der Waals surface area contributed by atoms with Crippen molar-refractivity contribution in [3.05, 3.63) is 47.5 Å². The molecule has 2 rings (SSSR count). The van der Waals surface area contributed by atoms with E-state index in [-0.39, 0.29) is 49.5 Å². The molecule has 0 saturated heterocycles. The van der Waals surface area contributed by atoms with E-state index in [4.69, 9.17) is 18.9 Å². The molecule has 1 N–H and O–H groups in total. The Kier molecular flexibility index (Phi) is 12.3. The zero-order chi connectivity index (χ0) is 26.3. The van der Waals surface area contributed by atoms with Crippen LogP contribution in [0.2, 0.25) is 0 Å². The molecule has 0 aliphatic heterocycles. The molecule has 0 aromatic heterocycles. The summed E-state index contributed by atoms with van der Waals surface area (Å²) in [5, 5.41) is 10.7. The lowest BCUT2D eigenvalue weighted by Crippen LogP contribution is -2.07. The number of benzene rings is 2. The zero-order valence-corrected chi connectivity index (χ0v) is 21.3. The molecule has 8 heteroatoms. The predicted molar refractivity (Wildman–Crippen MR) is 135 cm³/mol. The lowest BCUT2D eigenvalue weighted by Gasteiger charge is -2.16. The van der Waals surface area contributed by atoms with Gasteiger partial charge in [-0.1, -0.05) is 12.1 Å². The fourth-order valence-electron chi connectivity index (χ4n) is 3.61. The number of hydrogen-bond acceptors (Lipinski definition) is 8. The molecular formula is C28H36O8. The van der Waals surface area contributed by atoms with Crippen molar-refractivity contribution in [3.63, 3.8) is 0 Å². The van der Waals surface area contributed by atoms with Gasteiger partial charge in [0.15, 0.2) is 0 Å². The minimum absolute atomic E-state index is 0.0637. The van der Waals surface area contributed by atoms with Crippen molar-refractivity contribution in [1.82, 2.24) is 0 Å². The fourth-order valence-corrected chi connectivity index (χ4v) is 3.61. The van der Waals surface area contributed by atoms with Crippen LogP contribution < -0.4 is 4.74 Å². The standard InChI is InChI=1S/C28H36O8/c1-4-33-26(30)8-7-17-36-25-14-10-21(12-16-28(32)35-6-3)19-23(25)22-18-20(9-13-24(22)29)11-15-27(31)34-5-2/h9-10,13-14,18-19,29H,4-8,11-12,15-17H2,1-3H3. The number of aromatic hydroxyl groups is 1. The molecule has 0 aliphatic carbocycles. The number of carbonyl (C=O) groups excluding carboxylic acids is 3. The van der Waals surface area contributed by atoms with E-state index in [2.05, 4.69) is 0 Å². The van der Waals surface area contributed by atoms with Gasteiger partial charge in [0.25, 0.3) is 0 Å². The molecule has 0 amide bonds. The summed E-state index contributed by atoms with van der Waals surface area (Å²) in [7, 11) is 0. The summed E-state index contributed by atoms with van der Waals surface area (Å²) in [6, 6.07) is 10.7. The number of aryl methyl sites for hydroxylation is 2. The largest absolute Gasteiger partial charge is 0.507 e. The molecule has 0 spiro atoms. The highest BCUT2D eigenvalue weighted by Crippen LogP contribution is 2.38. The number of ether oxygens (including phenoxy) is 4. The van der Waals surface area contributed by atoms with Gasteiger partial charge in [-0.3, -0.25) is 14.4 Å². The van der Waals surface area contributed by atoms with E-state index >= 15 is 0 Å². The smallest absolute Gasteiger partial charge is 0.306 e. The summed E-state index contributed by atoms with van der Waals surface area (Å²) in [4.78, 5) is 35.2. The number of phenolic OH excluding ortho intramolecular Hbond substituents is 1. The van der Waals surface area contributed by atoms with E-state index in [1.54, 1.807) is 39.0 Å². The maximum Gasteiger partial charge on any atom is 0.306 e. The topological polar surface area (TPSA) is 108 Å². The Hall–Kier alpha value is -3.55. The monoisotopic (exact) mass is 500 g/mol. The first-order valence-electron chi connectivity index (χ1n) is 12.4. The van der Waals surface area contributed by atoms with Crippen molar-refractivity contribution in [2.24, 2.45) is 0 Å². The van der Waals surface area contributed by atoms with E-state index in [0.717, 1.165) is 11.1 Å². The zero-order valence-electron chi connectivity index (χ0n) is 21.3. The predicted octanol–water partition coefficient (Wildman–Crippen LogP) is 4.77.